The summed E-state index contributed by atoms with van der Waals surface area (Å²) in [4.78, 5) is 6.92. The molecule has 2 heterocycles. The molecule has 0 amide bonds. The van der Waals surface area contributed by atoms with E-state index in [0.717, 1.165) is 24.3 Å². The maximum absolute atomic E-state index is 5.32. The molecule has 1 aromatic rings. The van der Waals surface area contributed by atoms with Gasteiger partial charge in [-0.15, -0.1) is 24.0 Å². The SMILES string of the molecule is CN=C(NCc1ccco1)NC1CN(C2CC2)CC1C.I. The Morgan fingerprint density at radius 3 is 2.86 bits per heavy atom. The fourth-order valence-corrected chi connectivity index (χ4v) is 2.88. The summed E-state index contributed by atoms with van der Waals surface area (Å²) in [5.74, 6) is 2.45. The van der Waals surface area contributed by atoms with Crippen LogP contribution < -0.4 is 10.6 Å². The summed E-state index contributed by atoms with van der Waals surface area (Å²) in [7, 11) is 1.82. The van der Waals surface area contributed by atoms with Crippen molar-refractivity contribution in [3.63, 3.8) is 0 Å². The van der Waals surface area contributed by atoms with E-state index in [2.05, 4.69) is 27.4 Å². The Hall–Kier alpha value is -0.760. The highest BCUT2D eigenvalue weighted by atomic mass is 127. The second-order valence-corrected chi connectivity index (χ2v) is 5.92. The highest BCUT2D eigenvalue weighted by Crippen LogP contribution is 2.31. The normalized spacial score (nSPS) is 26.5. The van der Waals surface area contributed by atoms with Gasteiger partial charge >= 0.3 is 0 Å². The first kappa shape index (κ1) is 16.6. The number of likely N-dealkylation sites (tertiary alicyclic amines) is 1. The molecule has 0 radical (unpaired) electrons. The lowest BCUT2D eigenvalue weighted by Gasteiger charge is -2.20. The van der Waals surface area contributed by atoms with Crippen LogP contribution in [0.25, 0.3) is 0 Å². The van der Waals surface area contributed by atoms with E-state index in [1.807, 2.05) is 19.2 Å². The molecule has 1 aliphatic carbocycles. The van der Waals surface area contributed by atoms with Crippen LogP contribution in [0.3, 0.4) is 0 Å². The zero-order chi connectivity index (χ0) is 13.9. The number of hydrogen-bond donors (Lipinski definition) is 2. The summed E-state index contributed by atoms with van der Waals surface area (Å²) in [5, 5.41) is 6.85. The predicted octanol–water partition coefficient (Wildman–Crippen LogP) is 2.05. The average molecular weight is 404 g/mol. The number of halogens is 1. The minimum Gasteiger partial charge on any atom is -0.467 e. The summed E-state index contributed by atoms with van der Waals surface area (Å²) >= 11 is 0. The third kappa shape index (κ3) is 4.35. The smallest absolute Gasteiger partial charge is 0.191 e. The summed E-state index contributed by atoms with van der Waals surface area (Å²) in [6.07, 6.45) is 4.45. The molecule has 2 N–H and O–H groups in total. The van der Waals surface area contributed by atoms with E-state index < -0.39 is 0 Å². The van der Waals surface area contributed by atoms with Crippen LogP contribution in [0.15, 0.2) is 27.8 Å². The molecule has 2 fully saturated rings. The lowest BCUT2D eigenvalue weighted by molar-refractivity contribution is 0.315. The van der Waals surface area contributed by atoms with Crippen molar-refractivity contribution in [3.8, 4) is 0 Å². The van der Waals surface area contributed by atoms with E-state index in [4.69, 9.17) is 4.42 Å². The zero-order valence-electron chi connectivity index (χ0n) is 12.7. The van der Waals surface area contributed by atoms with Crippen LogP contribution in [0.4, 0.5) is 0 Å². The number of nitrogens with one attached hydrogen (secondary N) is 2. The summed E-state index contributed by atoms with van der Waals surface area (Å²) in [5.41, 5.74) is 0. The van der Waals surface area contributed by atoms with Gasteiger partial charge in [-0.3, -0.25) is 9.89 Å². The van der Waals surface area contributed by atoms with Crippen molar-refractivity contribution in [1.82, 2.24) is 15.5 Å². The van der Waals surface area contributed by atoms with Crippen molar-refractivity contribution in [2.45, 2.75) is 38.4 Å². The first-order valence-electron chi connectivity index (χ1n) is 7.50. The van der Waals surface area contributed by atoms with Crippen LogP contribution >= 0.6 is 24.0 Å². The van der Waals surface area contributed by atoms with E-state index in [0.29, 0.717) is 18.5 Å². The van der Waals surface area contributed by atoms with E-state index in [9.17, 15) is 0 Å². The molecular formula is C15H25IN4O. The van der Waals surface area contributed by atoms with Gasteiger partial charge in [-0.1, -0.05) is 6.92 Å². The fraction of sp³-hybridized carbons (Fsp3) is 0.667. The topological polar surface area (TPSA) is 52.8 Å². The van der Waals surface area contributed by atoms with Crippen LogP contribution in [0, 0.1) is 5.92 Å². The Labute approximate surface area is 143 Å². The number of aliphatic imine (C=N–C) groups is 1. The number of guanidine groups is 1. The number of hydrogen-bond acceptors (Lipinski definition) is 3. The monoisotopic (exact) mass is 404 g/mol. The van der Waals surface area contributed by atoms with E-state index in [-0.39, 0.29) is 24.0 Å². The number of furan rings is 1. The first-order valence-corrected chi connectivity index (χ1v) is 7.50. The van der Waals surface area contributed by atoms with Gasteiger partial charge in [0.25, 0.3) is 0 Å². The third-order valence-electron chi connectivity index (χ3n) is 4.26. The van der Waals surface area contributed by atoms with Crippen LogP contribution in [-0.2, 0) is 6.54 Å². The lowest BCUT2D eigenvalue weighted by Crippen LogP contribution is -2.46. The Bertz CT molecular complexity index is 458. The molecule has 5 nitrogen and oxygen atoms in total. The van der Waals surface area contributed by atoms with Gasteiger partial charge in [-0.2, -0.15) is 0 Å². The maximum Gasteiger partial charge on any atom is 0.191 e. The fourth-order valence-electron chi connectivity index (χ4n) is 2.88. The van der Waals surface area contributed by atoms with Crippen molar-refractivity contribution >= 4 is 29.9 Å². The second kappa shape index (κ2) is 7.49. The van der Waals surface area contributed by atoms with Crippen LogP contribution in [-0.4, -0.2) is 43.1 Å². The molecule has 1 aromatic heterocycles. The van der Waals surface area contributed by atoms with Crippen molar-refractivity contribution in [2.24, 2.45) is 10.9 Å². The Morgan fingerprint density at radius 2 is 2.24 bits per heavy atom. The minimum atomic E-state index is 0. The summed E-state index contributed by atoms with van der Waals surface area (Å²) in [6.45, 7) is 5.32. The quantitative estimate of drug-likeness (QED) is 0.458. The zero-order valence-corrected chi connectivity index (χ0v) is 15.0. The van der Waals surface area contributed by atoms with Crippen molar-refractivity contribution in [3.05, 3.63) is 24.2 Å². The molecule has 1 saturated carbocycles. The third-order valence-corrected chi connectivity index (χ3v) is 4.26. The molecule has 6 heteroatoms. The number of rotatable bonds is 4. The summed E-state index contributed by atoms with van der Waals surface area (Å²) < 4.78 is 5.32. The van der Waals surface area contributed by atoms with Gasteiger partial charge in [0.2, 0.25) is 0 Å². The van der Waals surface area contributed by atoms with Gasteiger partial charge in [0, 0.05) is 32.2 Å². The molecule has 1 saturated heterocycles. The van der Waals surface area contributed by atoms with Crippen LogP contribution in [0.5, 0.6) is 0 Å². The van der Waals surface area contributed by atoms with Crippen molar-refractivity contribution in [1.29, 1.82) is 0 Å². The van der Waals surface area contributed by atoms with Gasteiger partial charge < -0.3 is 15.1 Å². The van der Waals surface area contributed by atoms with Gasteiger partial charge in [-0.05, 0) is 30.9 Å². The lowest BCUT2D eigenvalue weighted by atomic mass is 10.1. The largest absolute Gasteiger partial charge is 0.467 e. The van der Waals surface area contributed by atoms with Gasteiger partial charge in [0.15, 0.2) is 5.96 Å². The van der Waals surface area contributed by atoms with E-state index >= 15 is 0 Å². The molecule has 0 spiro atoms. The molecule has 3 rings (SSSR count). The Morgan fingerprint density at radius 1 is 1.43 bits per heavy atom. The molecule has 2 aliphatic rings. The van der Waals surface area contributed by atoms with E-state index in [1.165, 1.54) is 19.4 Å². The first-order chi connectivity index (χ1) is 9.76. The Balaban J connectivity index is 0.00000161. The van der Waals surface area contributed by atoms with Crippen molar-refractivity contribution in [2.75, 3.05) is 20.1 Å². The molecule has 118 valence electrons. The molecule has 21 heavy (non-hydrogen) atoms. The number of nitrogens with zero attached hydrogens (tertiary/aromatic N) is 2. The molecule has 0 bridgehead atoms. The molecular weight excluding hydrogens is 379 g/mol. The summed E-state index contributed by atoms with van der Waals surface area (Å²) in [6, 6.07) is 5.20. The van der Waals surface area contributed by atoms with Crippen molar-refractivity contribution < 1.29 is 4.42 Å². The standard InChI is InChI=1S/C15H24N4O.HI/c1-11-9-19(12-5-6-12)10-14(11)18-15(16-2)17-8-13-4-3-7-20-13;/h3-4,7,11-12,14H,5-6,8-10H2,1-2H3,(H2,16,17,18);1H. The second-order valence-electron chi connectivity index (χ2n) is 5.92. The molecule has 0 aromatic carbocycles. The molecule has 2 atom stereocenters. The van der Waals surface area contributed by atoms with Gasteiger partial charge in [-0.25, -0.2) is 0 Å². The maximum atomic E-state index is 5.32. The van der Waals surface area contributed by atoms with Crippen LogP contribution in [0.2, 0.25) is 0 Å². The Kier molecular flexibility index (Phi) is 5.92. The highest BCUT2D eigenvalue weighted by molar-refractivity contribution is 14.0. The van der Waals surface area contributed by atoms with E-state index in [1.54, 1.807) is 6.26 Å². The van der Waals surface area contributed by atoms with Crippen LogP contribution in [0.1, 0.15) is 25.5 Å². The van der Waals surface area contributed by atoms with Gasteiger partial charge in [0.05, 0.1) is 12.8 Å². The molecule has 1 aliphatic heterocycles. The predicted molar refractivity (Wildman–Crippen MR) is 95.0 cm³/mol. The minimum absolute atomic E-state index is 0. The van der Waals surface area contributed by atoms with Gasteiger partial charge in [0.1, 0.15) is 5.76 Å². The molecule has 2 unspecified atom stereocenters. The average Bonchev–Trinajstić information content (AvgIpc) is 3.05. The highest BCUT2D eigenvalue weighted by Gasteiger charge is 2.38.